The van der Waals surface area contributed by atoms with Crippen LogP contribution >= 0.6 is 11.3 Å². The van der Waals surface area contributed by atoms with Gasteiger partial charge in [0.15, 0.2) is 0 Å². The van der Waals surface area contributed by atoms with Crippen LogP contribution in [0.1, 0.15) is 10.6 Å². The summed E-state index contributed by atoms with van der Waals surface area (Å²) in [7, 11) is 1.90. The van der Waals surface area contributed by atoms with Gasteiger partial charge in [-0.3, -0.25) is 0 Å². The summed E-state index contributed by atoms with van der Waals surface area (Å²) in [6, 6.07) is 4.73. The number of likely N-dealkylation sites (N-methyl/N-ethyl adjacent to an activating group) is 1. The van der Waals surface area contributed by atoms with Gasteiger partial charge in [-0.2, -0.15) is 0 Å². The van der Waals surface area contributed by atoms with E-state index in [1.54, 1.807) is 6.07 Å². The minimum atomic E-state index is -0.238. The molecule has 0 saturated carbocycles. The molecule has 5 heteroatoms. The van der Waals surface area contributed by atoms with Crippen LogP contribution in [0.25, 0.3) is 10.6 Å². The van der Waals surface area contributed by atoms with E-state index in [0.29, 0.717) is 0 Å². The largest absolute Gasteiger partial charge is 0.319 e. The van der Waals surface area contributed by atoms with Crippen LogP contribution in [-0.4, -0.2) is 23.8 Å². The number of aromatic nitrogens is 2. The molecule has 1 N–H and O–H groups in total. The van der Waals surface area contributed by atoms with Crippen molar-refractivity contribution in [3.8, 4) is 10.6 Å². The van der Waals surface area contributed by atoms with E-state index in [4.69, 9.17) is 0 Å². The minimum absolute atomic E-state index is 0.238. The van der Waals surface area contributed by atoms with Crippen molar-refractivity contribution >= 4 is 11.3 Å². The van der Waals surface area contributed by atoms with Crippen molar-refractivity contribution in [1.29, 1.82) is 0 Å². The molecule has 2 aromatic rings. The monoisotopic (exact) mass is 251 g/mol. The van der Waals surface area contributed by atoms with Gasteiger partial charge in [0.1, 0.15) is 15.8 Å². The second kappa shape index (κ2) is 5.33. The van der Waals surface area contributed by atoms with E-state index in [1.165, 1.54) is 23.5 Å². The van der Waals surface area contributed by atoms with Gasteiger partial charge in [-0.05, 0) is 31.7 Å². The highest BCUT2D eigenvalue weighted by Crippen LogP contribution is 2.27. The number of nitrogens with one attached hydrogen (secondary N) is 1. The first-order valence-corrected chi connectivity index (χ1v) is 6.26. The van der Waals surface area contributed by atoms with Gasteiger partial charge in [0, 0.05) is 18.5 Å². The average molecular weight is 251 g/mol. The molecule has 2 rings (SSSR count). The third kappa shape index (κ3) is 2.87. The number of halogens is 1. The van der Waals surface area contributed by atoms with Gasteiger partial charge in [0.2, 0.25) is 0 Å². The van der Waals surface area contributed by atoms with Crippen molar-refractivity contribution in [3.05, 3.63) is 34.6 Å². The van der Waals surface area contributed by atoms with E-state index in [-0.39, 0.29) is 5.82 Å². The Morgan fingerprint density at radius 3 is 2.94 bits per heavy atom. The van der Waals surface area contributed by atoms with E-state index >= 15 is 0 Å². The molecule has 0 fully saturated rings. The first-order valence-electron chi connectivity index (χ1n) is 5.44. The fourth-order valence-corrected chi connectivity index (χ4v) is 2.44. The summed E-state index contributed by atoms with van der Waals surface area (Å²) < 4.78 is 13.2. The Kier molecular flexibility index (Phi) is 3.81. The molecule has 0 aliphatic heterocycles. The molecule has 0 saturated heterocycles. The molecule has 1 heterocycles. The van der Waals surface area contributed by atoms with Crippen molar-refractivity contribution in [2.45, 2.75) is 13.3 Å². The van der Waals surface area contributed by atoms with Crippen molar-refractivity contribution in [2.24, 2.45) is 0 Å². The summed E-state index contributed by atoms with van der Waals surface area (Å²) in [5.74, 6) is -0.238. The van der Waals surface area contributed by atoms with E-state index < -0.39 is 0 Å². The van der Waals surface area contributed by atoms with Crippen LogP contribution in [0.4, 0.5) is 4.39 Å². The normalized spacial score (nSPS) is 10.8. The van der Waals surface area contributed by atoms with Crippen LogP contribution in [0.2, 0.25) is 0 Å². The predicted octanol–water partition coefficient (Wildman–Crippen LogP) is 2.41. The first kappa shape index (κ1) is 12.1. The Morgan fingerprint density at radius 2 is 2.18 bits per heavy atom. The van der Waals surface area contributed by atoms with E-state index in [9.17, 15) is 4.39 Å². The van der Waals surface area contributed by atoms with Crippen LogP contribution in [0, 0.1) is 12.7 Å². The Balaban J connectivity index is 2.27. The SMILES string of the molecule is CNCCc1nnc(-c2cc(F)ccc2C)s1. The Bertz CT molecular complexity index is 510. The minimum Gasteiger partial charge on any atom is -0.319 e. The lowest BCUT2D eigenvalue weighted by atomic mass is 10.1. The second-order valence-corrected chi connectivity index (χ2v) is 4.88. The van der Waals surface area contributed by atoms with Gasteiger partial charge in [-0.1, -0.05) is 17.4 Å². The van der Waals surface area contributed by atoms with Crippen LogP contribution in [-0.2, 0) is 6.42 Å². The Labute approximate surface area is 104 Å². The van der Waals surface area contributed by atoms with Crippen LogP contribution < -0.4 is 5.32 Å². The van der Waals surface area contributed by atoms with Crippen molar-refractivity contribution in [2.75, 3.05) is 13.6 Å². The van der Waals surface area contributed by atoms with E-state index in [0.717, 1.165) is 34.1 Å². The zero-order valence-corrected chi connectivity index (χ0v) is 10.6. The molecule has 0 unspecified atom stereocenters. The summed E-state index contributed by atoms with van der Waals surface area (Å²) in [6.07, 6.45) is 0.850. The molecule has 0 spiro atoms. The van der Waals surface area contributed by atoms with Gasteiger partial charge < -0.3 is 5.32 Å². The highest BCUT2D eigenvalue weighted by molar-refractivity contribution is 7.14. The zero-order valence-electron chi connectivity index (χ0n) is 9.83. The third-order valence-corrected chi connectivity index (χ3v) is 3.50. The maximum atomic E-state index is 13.2. The van der Waals surface area contributed by atoms with Gasteiger partial charge in [0.05, 0.1) is 0 Å². The third-order valence-electron chi connectivity index (χ3n) is 2.49. The molecular formula is C12H14FN3S. The van der Waals surface area contributed by atoms with Crippen LogP contribution in [0.15, 0.2) is 18.2 Å². The van der Waals surface area contributed by atoms with Gasteiger partial charge in [0.25, 0.3) is 0 Å². The molecule has 0 atom stereocenters. The summed E-state index contributed by atoms with van der Waals surface area (Å²) in [6.45, 7) is 2.82. The number of hydrogen-bond donors (Lipinski definition) is 1. The highest BCUT2D eigenvalue weighted by atomic mass is 32.1. The van der Waals surface area contributed by atoms with Gasteiger partial charge in [-0.25, -0.2) is 4.39 Å². The molecule has 0 aliphatic carbocycles. The molecule has 1 aromatic heterocycles. The summed E-state index contributed by atoms with van der Waals surface area (Å²) in [5.41, 5.74) is 1.85. The lowest BCUT2D eigenvalue weighted by Gasteiger charge is -2.00. The summed E-state index contributed by atoms with van der Waals surface area (Å²) >= 11 is 1.52. The van der Waals surface area contributed by atoms with Crippen molar-refractivity contribution in [1.82, 2.24) is 15.5 Å². The first-order chi connectivity index (χ1) is 8.20. The molecule has 0 amide bonds. The highest BCUT2D eigenvalue weighted by Gasteiger charge is 2.09. The lowest BCUT2D eigenvalue weighted by Crippen LogP contribution is -2.09. The number of hydrogen-bond acceptors (Lipinski definition) is 4. The topological polar surface area (TPSA) is 37.8 Å². The standard InChI is InChI=1S/C12H14FN3S/c1-8-3-4-9(13)7-10(8)12-16-15-11(17-12)5-6-14-2/h3-4,7,14H,5-6H2,1-2H3. The van der Waals surface area contributed by atoms with Crippen molar-refractivity contribution in [3.63, 3.8) is 0 Å². The molecule has 1 aromatic carbocycles. The number of aryl methyl sites for hydroxylation is 1. The predicted molar refractivity (Wildman–Crippen MR) is 67.7 cm³/mol. The van der Waals surface area contributed by atoms with Gasteiger partial charge in [-0.15, -0.1) is 10.2 Å². The molecule has 90 valence electrons. The van der Waals surface area contributed by atoms with Crippen molar-refractivity contribution < 1.29 is 4.39 Å². The summed E-state index contributed by atoms with van der Waals surface area (Å²) in [4.78, 5) is 0. The van der Waals surface area contributed by atoms with Crippen LogP contribution in [0.3, 0.4) is 0 Å². The number of rotatable bonds is 4. The van der Waals surface area contributed by atoms with E-state index in [1.807, 2.05) is 14.0 Å². The maximum Gasteiger partial charge on any atom is 0.148 e. The molecule has 3 nitrogen and oxygen atoms in total. The fourth-order valence-electron chi connectivity index (χ4n) is 1.52. The zero-order chi connectivity index (χ0) is 12.3. The average Bonchev–Trinajstić information content (AvgIpc) is 2.78. The summed E-state index contributed by atoms with van der Waals surface area (Å²) in [5, 5.41) is 13.0. The molecular weight excluding hydrogens is 237 g/mol. The molecule has 17 heavy (non-hydrogen) atoms. The Morgan fingerprint density at radius 1 is 1.35 bits per heavy atom. The van der Waals surface area contributed by atoms with E-state index in [2.05, 4.69) is 15.5 Å². The quantitative estimate of drug-likeness (QED) is 0.906. The number of benzene rings is 1. The fraction of sp³-hybridized carbons (Fsp3) is 0.333. The number of nitrogens with zero attached hydrogens (tertiary/aromatic N) is 2. The Hall–Kier alpha value is -1.33. The molecule has 0 aliphatic rings. The van der Waals surface area contributed by atoms with Gasteiger partial charge >= 0.3 is 0 Å². The smallest absolute Gasteiger partial charge is 0.148 e. The maximum absolute atomic E-state index is 13.2. The lowest BCUT2D eigenvalue weighted by molar-refractivity contribution is 0.628. The molecule has 0 radical (unpaired) electrons. The second-order valence-electron chi connectivity index (χ2n) is 3.81. The van der Waals surface area contributed by atoms with Crippen LogP contribution in [0.5, 0.6) is 0 Å². The molecule has 0 bridgehead atoms.